The molecule has 0 N–H and O–H groups in total. The molecule has 20 heavy (non-hydrogen) atoms. The molecule has 0 saturated carbocycles. The smallest absolute Gasteiger partial charge is 0.185 e. The van der Waals surface area contributed by atoms with Crippen LogP contribution < -0.4 is 4.74 Å². The Labute approximate surface area is 117 Å². The van der Waals surface area contributed by atoms with Crippen molar-refractivity contribution in [2.45, 2.75) is 13.3 Å². The molecular weight excluding hydrogens is 254 g/mol. The van der Waals surface area contributed by atoms with E-state index in [9.17, 15) is 4.79 Å². The van der Waals surface area contributed by atoms with E-state index in [1.807, 2.05) is 0 Å². The summed E-state index contributed by atoms with van der Waals surface area (Å²) in [5.74, 6) is 1.34. The van der Waals surface area contributed by atoms with Crippen LogP contribution in [-0.4, -0.2) is 27.2 Å². The van der Waals surface area contributed by atoms with Crippen molar-refractivity contribution in [1.82, 2.24) is 14.8 Å². The largest absolute Gasteiger partial charge is 0.494 e. The standard InChI is InChI=1S/C15H17N3O2/c1-3-10-20-13-6-4-12(5-7-13)14(19)8-9-15-16-11-17-18(15)2/h4-9,11H,3,10H2,1-2H3. The minimum atomic E-state index is -0.0740. The Morgan fingerprint density at radius 3 is 2.70 bits per heavy atom. The van der Waals surface area contributed by atoms with Gasteiger partial charge in [0, 0.05) is 12.6 Å². The Morgan fingerprint density at radius 1 is 1.35 bits per heavy atom. The fraction of sp³-hybridized carbons (Fsp3) is 0.267. The van der Waals surface area contributed by atoms with Crippen LogP contribution >= 0.6 is 0 Å². The lowest BCUT2D eigenvalue weighted by atomic mass is 10.1. The molecule has 5 heteroatoms. The average molecular weight is 271 g/mol. The molecule has 104 valence electrons. The van der Waals surface area contributed by atoms with E-state index in [1.165, 1.54) is 12.4 Å². The van der Waals surface area contributed by atoms with Crippen molar-refractivity contribution in [1.29, 1.82) is 0 Å². The quantitative estimate of drug-likeness (QED) is 0.598. The lowest BCUT2D eigenvalue weighted by Crippen LogP contribution is -1.98. The third kappa shape index (κ3) is 3.54. The topological polar surface area (TPSA) is 57.0 Å². The highest BCUT2D eigenvalue weighted by molar-refractivity contribution is 6.06. The number of carbonyl (C=O) groups excluding carboxylic acids is 1. The van der Waals surface area contributed by atoms with Gasteiger partial charge in [0.25, 0.3) is 0 Å². The number of hydrogen-bond acceptors (Lipinski definition) is 4. The third-order valence-corrected chi connectivity index (χ3v) is 2.74. The number of benzene rings is 1. The van der Waals surface area contributed by atoms with Crippen molar-refractivity contribution in [3.8, 4) is 5.75 Å². The minimum absolute atomic E-state index is 0.0740. The fourth-order valence-corrected chi connectivity index (χ4v) is 1.64. The predicted octanol–water partition coefficient (Wildman–Crippen LogP) is 2.50. The second kappa shape index (κ2) is 6.65. The van der Waals surface area contributed by atoms with Crippen LogP contribution in [-0.2, 0) is 7.05 Å². The van der Waals surface area contributed by atoms with Gasteiger partial charge in [-0.2, -0.15) is 5.10 Å². The Bertz CT molecular complexity index is 600. The number of ketones is 1. The van der Waals surface area contributed by atoms with Gasteiger partial charge in [-0.1, -0.05) is 6.92 Å². The first kappa shape index (κ1) is 14.0. The first-order valence-corrected chi connectivity index (χ1v) is 6.50. The summed E-state index contributed by atoms with van der Waals surface area (Å²) < 4.78 is 7.08. The highest BCUT2D eigenvalue weighted by atomic mass is 16.5. The zero-order chi connectivity index (χ0) is 14.4. The number of ether oxygens (including phenoxy) is 1. The van der Waals surface area contributed by atoms with Crippen molar-refractivity contribution >= 4 is 11.9 Å². The van der Waals surface area contributed by atoms with Crippen molar-refractivity contribution in [2.24, 2.45) is 7.05 Å². The van der Waals surface area contributed by atoms with Crippen LogP contribution in [0.15, 0.2) is 36.7 Å². The lowest BCUT2D eigenvalue weighted by molar-refractivity contribution is 0.104. The number of rotatable bonds is 6. The number of hydrogen-bond donors (Lipinski definition) is 0. The first-order chi connectivity index (χ1) is 9.70. The number of allylic oxidation sites excluding steroid dienone is 1. The van der Waals surface area contributed by atoms with Crippen LogP contribution in [0.2, 0.25) is 0 Å². The maximum atomic E-state index is 12.0. The molecule has 0 aliphatic heterocycles. The molecule has 0 unspecified atom stereocenters. The van der Waals surface area contributed by atoms with Crippen LogP contribution in [0, 0.1) is 0 Å². The van der Waals surface area contributed by atoms with Gasteiger partial charge in [0.15, 0.2) is 11.6 Å². The maximum Gasteiger partial charge on any atom is 0.185 e. The summed E-state index contributed by atoms with van der Waals surface area (Å²) >= 11 is 0. The lowest BCUT2D eigenvalue weighted by Gasteiger charge is -2.04. The normalized spacial score (nSPS) is 10.9. The van der Waals surface area contributed by atoms with Gasteiger partial charge in [0.05, 0.1) is 6.61 Å². The van der Waals surface area contributed by atoms with Crippen LogP contribution in [0.5, 0.6) is 5.75 Å². The highest BCUT2D eigenvalue weighted by Crippen LogP contribution is 2.13. The van der Waals surface area contributed by atoms with Gasteiger partial charge in [-0.05, 0) is 42.8 Å². The van der Waals surface area contributed by atoms with Crippen molar-refractivity contribution in [3.63, 3.8) is 0 Å². The van der Waals surface area contributed by atoms with Crippen molar-refractivity contribution < 1.29 is 9.53 Å². The van der Waals surface area contributed by atoms with Gasteiger partial charge in [0.2, 0.25) is 0 Å². The summed E-state index contributed by atoms with van der Waals surface area (Å²) in [6.45, 7) is 2.73. The number of aryl methyl sites for hydroxylation is 1. The van der Waals surface area contributed by atoms with Gasteiger partial charge < -0.3 is 4.74 Å². The second-order valence-electron chi connectivity index (χ2n) is 4.31. The molecule has 1 aromatic heterocycles. The molecule has 0 aliphatic carbocycles. The van der Waals surface area contributed by atoms with Crippen LogP contribution in [0.4, 0.5) is 0 Å². The summed E-state index contributed by atoms with van der Waals surface area (Å²) in [5, 5.41) is 3.93. The monoisotopic (exact) mass is 271 g/mol. The number of aromatic nitrogens is 3. The summed E-state index contributed by atoms with van der Waals surface area (Å²) in [5.41, 5.74) is 0.618. The molecule has 1 aromatic carbocycles. The van der Waals surface area contributed by atoms with Gasteiger partial charge in [-0.3, -0.25) is 4.79 Å². The van der Waals surface area contributed by atoms with Gasteiger partial charge in [-0.15, -0.1) is 0 Å². The molecule has 2 aromatic rings. The Kier molecular flexibility index (Phi) is 4.65. The van der Waals surface area contributed by atoms with Crippen molar-refractivity contribution in [2.75, 3.05) is 6.61 Å². The predicted molar refractivity (Wildman–Crippen MR) is 76.6 cm³/mol. The van der Waals surface area contributed by atoms with E-state index >= 15 is 0 Å². The molecule has 2 rings (SSSR count). The van der Waals surface area contributed by atoms with E-state index in [1.54, 1.807) is 42.1 Å². The highest BCUT2D eigenvalue weighted by Gasteiger charge is 2.03. The van der Waals surface area contributed by atoms with Crippen LogP contribution in [0.25, 0.3) is 6.08 Å². The van der Waals surface area contributed by atoms with Gasteiger partial charge in [-0.25, -0.2) is 9.67 Å². The summed E-state index contributed by atoms with van der Waals surface area (Å²) in [6.07, 6.45) is 5.55. The first-order valence-electron chi connectivity index (χ1n) is 6.50. The average Bonchev–Trinajstić information content (AvgIpc) is 2.88. The van der Waals surface area contributed by atoms with Gasteiger partial charge >= 0.3 is 0 Å². The molecule has 0 spiro atoms. The Hall–Kier alpha value is -2.43. The SMILES string of the molecule is CCCOc1ccc(C(=O)C=Cc2ncnn2C)cc1. The molecular formula is C15H17N3O2. The molecule has 0 radical (unpaired) electrons. The second-order valence-corrected chi connectivity index (χ2v) is 4.31. The molecule has 5 nitrogen and oxygen atoms in total. The van der Waals surface area contributed by atoms with Crippen LogP contribution in [0.3, 0.4) is 0 Å². The Morgan fingerprint density at radius 2 is 2.10 bits per heavy atom. The summed E-state index contributed by atoms with van der Waals surface area (Å²) in [7, 11) is 1.77. The number of carbonyl (C=O) groups is 1. The Balaban J connectivity index is 2.02. The molecule has 0 aliphatic rings. The zero-order valence-corrected chi connectivity index (χ0v) is 11.6. The molecule has 0 fully saturated rings. The van der Waals surface area contributed by atoms with Crippen LogP contribution in [0.1, 0.15) is 29.5 Å². The summed E-state index contributed by atoms with van der Waals surface area (Å²) in [4.78, 5) is 16.0. The van der Waals surface area contributed by atoms with E-state index < -0.39 is 0 Å². The van der Waals surface area contributed by atoms with E-state index in [4.69, 9.17) is 4.74 Å². The van der Waals surface area contributed by atoms with E-state index in [0.717, 1.165) is 12.2 Å². The molecule has 1 heterocycles. The van der Waals surface area contributed by atoms with E-state index in [-0.39, 0.29) is 5.78 Å². The van der Waals surface area contributed by atoms with Gasteiger partial charge in [0.1, 0.15) is 12.1 Å². The van der Waals surface area contributed by atoms with Crippen molar-refractivity contribution in [3.05, 3.63) is 48.1 Å². The molecule has 0 amide bonds. The molecule has 0 atom stereocenters. The fourth-order valence-electron chi connectivity index (χ4n) is 1.64. The summed E-state index contributed by atoms with van der Waals surface area (Å²) in [6, 6.07) is 7.13. The third-order valence-electron chi connectivity index (χ3n) is 2.74. The maximum absolute atomic E-state index is 12.0. The van der Waals surface area contributed by atoms with E-state index in [2.05, 4.69) is 17.0 Å². The molecule has 0 saturated heterocycles. The zero-order valence-electron chi connectivity index (χ0n) is 11.6. The molecule has 0 bridgehead atoms. The number of nitrogens with zero attached hydrogens (tertiary/aromatic N) is 3. The van der Waals surface area contributed by atoms with E-state index in [0.29, 0.717) is 18.0 Å². The minimum Gasteiger partial charge on any atom is -0.494 e.